The van der Waals surface area contributed by atoms with Crippen LogP contribution in [-0.2, 0) is 9.53 Å². The Labute approximate surface area is 123 Å². The number of esters is 1. The summed E-state index contributed by atoms with van der Waals surface area (Å²) in [6.45, 7) is 7.82. The monoisotopic (exact) mass is 282 g/mol. The molecule has 1 saturated carbocycles. The molecule has 116 valence electrons. The molecule has 0 bridgehead atoms. The standard InChI is InChI=1S/C16H30N2O2/c1-3-10-17-16(15(19)20-4-2)9-7-8-14(13-16)18-11-5-6-12-18/h14,17H,3-13H2,1-2H3. The van der Waals surface area contributed by atoms with Crippen molar-refractivity contribution in [3.8, 4) is 0 Å². The molecule has 0 aromatic rings. The zero-order valence-electron chi connectivity index (χ0n) is 13.1. The van der Waals surface area contributed by atoms with Crippen LogP contribution in [0.25, 0.3) is 0 Å². The Morgan fingerprint density at radius 2 is 2.05 bits per heavy atom. The SMILES string of the molecule is CCCNC1(C(=O)OCC)CCCC(N2CCCC2)C1. The van der Waals surface area contributed by atoms with Gasteiger partial charge in [-0.1, -0.05) is 6.92 Å². The van der Waals surface area contributed by atoms with Crippen molar-refractivity contribution in [2.75, 3.05) is 26.2 Å². The molecule has 1 saturated heterocycles. The second-order valence-electron chi connectivity index (χ2n) is 6.22. The summed E-state index contributed by atoms with van der Waals surface area (Å²) in [5.41, 5.74) is -0.433. The van der Waals surface area contributed by atoms with Gasteiger partial charge in [-0.05, 0) is 71.5 Å². The molecular weight excluding hydrogens is 252 g/mol. The summed E-state index contributed by atoms with van der Waals surface area (Å²) >= 11 is 0. The van der Waals surface area contributed by atoms with E-state index in [1.807, 2.05) is 6.92 Å². The number of ether oxygens (including phenoxy) is 1. The zero-order valence-corrected chi connectivity index (χ0v) is 13.1. The van der Waals surface area contributed by atoms with E-state index in [-0.39, 0.29) is 5.97 Å². The van der Waals surface area contributed by atoms with Crippen molar-refractivity contribution in [2.45, 2.75) is 70.4 Å². The summed E-state index contributed by atoms with van der Waals surface area (Å²) in [6.07, 6.45) is 7.87. The van der Waals surface area contributed by atoms with Crippen molar-refractivity contribution in [3.63, 3.8) is 0 Å². The van der Waals surface area contributed by atoms with Gasteiger partial charge in [-0.25, -0.2) is 0 Å². The molecule has 1 N–H and O–H groups in total. The van der Waals surface area contributed by atoms with E-state index in [0.717, 1.165) is 32.2 Å². The Hall–Kier alpha value is -0.610. The van der Waals surface area contributed by atoms with Crippen LogP contribution in [0.5, 0.6) is 0 Å². The van der Waals surface area contributed by atoms with E-state index in [9.17, 15) is 4.79 Å². The van der Waals surface area contributed by atoms with Crippen molar-refractivity contribution >= 4 is 5.97 Å². The van der Waals surface area contributed by atoms with Gasteiger partial charge in [0.2, 0.25) is 0 Å². The Bertz CT molecular complexity index is 316. The molecule has 1 aliphatic heterocycles. The Balaban J connectivity index is 2.06. The lowest BCUT2D eigenvalue weighted by Gasteiger charge is -2.42. The molecule has 0 amide bonds. The van der Waals surface area contributed by atoms with Crippen molar-refractivity contribution < 1.29 is 9.53 Å². The summed E-state index contributed by atoms with van der Waals surface area (Å²) in [6, 6.07) is 0.556. The van der Waals surface area contributed by atoms with Crippen LogP contribution in [0.3, 0.4) is 0 Å². The van der Waals surface area contributed by atoms with E-state index < -0.39 is 5.54 Å². The number of likely N-dealkylation sites (tertiary alicyclic amines) is 1. The summed E-state index contributed by atoms with van der Waals surface area (Å²) < 4.78 is 5.37. The van der Waals surface area contributed by atoms with E-state index in [1.54, 1.807) is 0 Å². The smallest absolute Gasteiger partial charge is 0.326 e. The van der Waals surface area contributed by atoms with E-state index in [2.05, 4.69) is 17.1 Å². The van der Waals surface area contributed by atoms with E-state index in [0.29, 0.717) is 12.6 Å². The first-order valence-corrected chi connectivity index (χ1v) is 8.38. The van der Waals surface area contributed by atoms with E-state index >= 15 is 0 Å². The molecule has 0 radical (unpaired) electrons. The number of hydrogen-bond donors (Lipinski definition) is 1. The molecule has 0 aromatic heterocycles. The van der Waals surface area contributed by atoms with Crippen LogP contribution in [0.2, 0.25) is 0 Å². The fourth-order valence-electron chi connectivity index (χ4n) is 3.72. The second-order valence-corrected chi connectivity index (χ2v) is 6.22. The maximum atomic E-state index is 12.5. The summed E-state index contributed by atoms with van der Waals surface area (Å²) in [4.78, 5) is 15.1. The molecule has 0 spiro atoms. The number of nitrogens with one attached hydrogen (secondary N) is 1. The minimum absolute atomic E-state index is 0.0302. The first kappa shape index (κ1) is 15.8. The molecule has 4 nitrogen and oxygen atoms in total. The topological polar surface area (TPSA) is 41.6 Å². The van der Waals surface area contributed by atoms with Crippen molar-refractivity contribution in [1.82, 2.24) is 10.2 Å². The minimum Gasteiger partial charge on any atom is -0.465 e. The van der Waals surface area contributed by atoms with Gasteiger partial charge in [0.15, 0.2) is 0 Å². The number of nitrogens with zero attached hydrogens (tertiary/aromatic N) is 1. The minimum atomic E-state index is -0.433. The quantitative estimate of drug-likeness (QED) is 0.759. The predicted molar refractivity (Wildman–Crippen MR) is 80.7 cm³/mol. The fraction of sp³-hybridized carbons (Fsp3) is 0.938. The molecular formula is C16H30N2O2. The molecule has 4 heteroatoms. The van der Waals surface area contributed by atoms with Gasteiger partial charge in [0.1, 0.15) is 5.54 Å². The highest BCUT2D eigenvalue weighted by molar-refractivity contribution is 5.81. The normalized spacial score (nSPS) is 31.4. The van der Waals surface area contributed by atoms with E-state index in [4.69, 9.17) is 4.74 Å². The van der Waals surface area contributed by atoms with Crippen molar-refractivity contribution in [3.05, 3.63) is 0 Å². The fourth-order valence-corrected chi connectivity index (χ4v) is 3.72. The van der Waals surface area contributed by atoms with Crippen LogP contribution in [-0.4, -0.2) is 48.7 Å². The van der Waals surface area contributed by atoms with Gasteiger partial charge in [0.05, 0.1) is 6.61 Å². The molecule has 2 rings (SSSR count). The molecule has 1 aliphatic carbocycles. The van der Waals surface area contributed by atoms with Crippen LogP contribution in [0.15, 0.2) is 0 Å². The average molecular weight is 282 g/mol. The molecule has 2 fully saturated rings. The van der Waals surface area contributed by atoms with Gasteiger partial charge >= 0.3 is 5.97 Å². The zero-order chi connectivity index (χ0) is 14.4. The maximum absolute atomic E-state index is 12.5. The van der Waals surface area contributed by atoms with Crippen molar-refractivity contribution in [2.24, 2.45) is 0 Å². The predicted octanol–water partition coefficient (Wildman–Crippen LogP) is 2.33. The van der Waals surface area contributed by atoms with Crippen LogP contribution < -0.4 is 5.32 Å². The Morgan fingerprint density at radius 1 is 1.30 bits per heavy atom. The van der Waals surface area contributed by atoms with Crippen LogP contribution >= 0.6 is 0 Å². The molecule has 2 unspecified atom stereocenters. The summed E-state index contributed by atoms with van der Waals surface area (Å²) in [5.74, 6) is -0.0302. The van der Waals surface area contributed by atoms with Gasteiger partial charge in [-0.15, -0.1) is 0 Å². The number of carbonyl (C=O) groups is 1. The largest absolute Gasteiger partial charge is 0.465 e. The van der Waals surface area contributed by atoms with Gasteiger partial charge in [0.25, 0.3) is 0 Å². The maximum Gasteiger partial charge on any atom is 0.326 e. The molecule has 2 atom stereocenters. The third-order valence-corrected chi connectivity index (χ3v) is 4.76. The van der Waals surface area contributed by atoms with Crippen LogP contribution in [0.1, 0.15) is 58.8 Å². The number of rotatable bonds is 6. The lowest BCUT2D eigenvalue weighted by Crippen LogP contribution is -2.58. The first-order chi connectivity index (χ1) is 9.72. The van der Waals surface area contributed by atoms with Gasteiger partial charge < -0.3 is 15.0 Å². The van der Waals surface area contributed by atoms with Crippen LogP contribution in [0, 0.1) is 0 Å². The number of carbonyl (C=O) groups excluding carboxylic acids is 1. The lowest BCUT2D eigenvalue weighted by atomic mass is 9.78. The highest BCUT2D eigenvalue weighted by atomic mass is 16.5. The Morgan fingerprint density at radius 3 is 2.70 bits per heavy atom. The first-order valence-electron chi connectivity index (χ1n) is 8.38. The highest BCUT2D eigenvalue weighted by Crippen LogP contribution is 2.34. The third kappa shape index (κ3) is 3.53. The average Bonchev–Trinajstić information content (AvgIpc) is 3.00. The third-order valence-electron chi connectivity index (χ3n) is 4.76. The van der Waals surface area contributed by atoms with Gasteiger partial charge in [-0.2, -0.15) is 0 Å². The molecule has 0 aromatic carbocycles. The van der Waals surface area contributed by atoms with Gasteiger partial charge in [-0.3, -0.25) is 4.79 Å². The molecule has 20 heavy (non-hydrogen) atoms. The molecule has 1 heterocycles. The van der Waals surface area contributed by atoms with Gasteiger partial charge in [0, 0.05) is 6.04 Å². The molecule has 2 aliphatic rings. The lowest BCUT2D eigenvalue weighted by molar-refractivity contribution is -0.153. The second kappa shape index (κ2) is 7.41. The van der Waals surface area contributed by atoms with E-state index in [1.165, 1.54) is 32.4 Å². The summed E-state index contributed by atoms with van der Waals surface area (Å²) in [7, 11) is 0. The number of hydrogen-bond acceptors (Lipinski definition) is 4. The summed E-state index contributed by atoms with van der Waals surface area (Å²) in [5, 5.41) is 3.52. The van der Waals surface area contributed by atoms with Crippen molar-refractivity contribution in [1.29, 1.82) is 0 Å². The van der Waals surface area contributed by atoms with Crippen LogP contribution in [0.4, 0.5) is 0 Å². The highest BCUT2D eigenvalue weighted by Gasteiger charge is 2.45. The Kier molecular flexibility index (Phi) is 5.85.